The molecule has 0 aromatic heterocycles. The Morgan fingerprint density at radius 2 is 1.96 bits per heavy atom. The molecule has 2 atom stereocenters. The molecule has 3 rings (SSSR count). The van der Waals surface area contributed by atoms with Gasteiger partial charge in [0.15, 0.2) is 0 Å². The molecule has 8 heteroatoms. The molecule has 4 amide bonds. The van der Waals surface area contributed by atoms with Gasteiger partial charge in [-0.05, 0) is 38.0 Å². The molecule has 0 bridgehead atoms. The monoisotopic (exact) mass is 345 g/mol. The minimum Gasteiger partial charge on any atom is -0.481 e. The van der Waals surface area contributed by atoms with Crippen molar-refractivity contribution in [1.82, 2.24) is 15.5 Å². The van der Waals surface area contributed by atoms with Gasteiger partial charge in [-0.15, -0.1) is 0 Å². The molecule has 2 aliphatic heterocycles. The van der Waals surface area contributed by atoms with Gasteiger partial charge in [-0.2, -0.15) is 0 Å². The predicted octanol–water partition coefficient (Wildman–Crippen LogP) is 0.678. The summed E-state index contributed by atoms with van der Waals surface area (Å²) in [6.07, 6.45) is 0.393. The molecule has 2 saturated heterocycles. The van der Waals surface area contributed by atoms with E-state index in [1.807, 2.05) is 0 Å². The average Bonchev–Trinajstić information content (AvgIpc) is 3.09. The first kappa shape index (κ1) is 16.9. The van der Waals surface area contributed by atoms with Gasteiger partial charge in [0.2, 0.25) is 0 Å². The molecule has 2 aliphatic rings. The molecule has 0 aliphatic carbocycles. The minimum atomic E-state index is -1.24. The van der Waals surface area contributed by atoms with E-state index >= 15 is 0 Å². The van der Waals surface area contributed by atoms with Crippen molar-refractivity contribution < 1.29 is 24.3 Å². The fraction of sp³-hybridized carbons (Fsp3) is 0.412. The topological polar surface area (TPSA) is 116 Å². The summed E-state index contributed by atoms with van der Waals surface area (Å²) >= 11 is 0. The Labute approximate surface area is 144 Å². The number of carbonyl (C=O) groups excluding carboxylic acids is 3. The van der Waals surface area contributed by atoms with Crippen molar-refractivity contribution in [3.8, 4) is 0 Å². The fourth-order valence-corrected chi connectivity index (χ4v) is 3.20. The van der Waals surface area contributed by atoms with Crippen LogP contribution in [0.2, 0.25) is 0 Å². The Bertz CT molecular complexity index is 792. The number of hydrogen-bond donors (Lipinski definition) is 3. The molecule has 1 aromatic carbocycles. The highest BCUT2D eigenvalue weighted by Gasteiger charge is 2.44. The lowest BCUT2D eigenvalue weighted by atomic mass is 9.90. The SMILES string of the molecule is CC1(C(=O)O)CCN(C(=O)c2cccc(C3(C)NC(=O)NC3=O)c2)C1. The molecule has 8 nitrogen and oxygen atoms in total. The standard InChI is InChI=1S/C17H19N3O5/c1-16(14(23)24)6-7-20(9-16)12(21)10-4-3-5-11(8-10)17(2)13(22)18-15(25)19-17/h3-5,8H,6-7,9H2,1-2H3,(H,23,24)(H2,18,19,22,25). The zero-order chi connectivity index (χ0) is 18.4. The number of carbonyl (C=O) groups is 4. The highest BCUT2D eigenvalue weighted by atomic mass is 16.4. The lowest BCUT2D eigenvalue weighted by Gasteiger charge is -2.23. The second kappa shape index (κ2) is 5.58. The summed E-state index contributed by atoms with van der Waals surface area (Å²) in [6, 6.07) is 5.89. The predicted molar refractivity (Wildman–Crippen MR) is 86.7 cm³/mol. The summed E-state index contributed by atoms with van der Waals surface area (Å²) in [4.78, 5) is 49.0. The highest BCUT2D eigenvalue weighted by Crippen LogP contribution is 2.32. The van der Waals surface area contributed by atoms with Crippen LogP contribution in [0.5, 0.6) is 0 Å². The number of likely N-dealkylation sites (tertiary alicyclic amines) is 1. The minimum absolute atomic E-state index is 0.139. The van der Waals surface area contributed by atoms with Gasteiger partial charge >= 0.3 is 12.0 Å². The zero-order valence-corrected chi connectivity index (χ0v) is 14.0. The molecular formula is C17H19N3O5. The maximum absolute atomic E-state index is 12.7. The van der Waals surface area contributed by atoms with Crippen LogP contribution in [-0.2, 0) is 15.1 Å². The summed E-state index contributed by atoms with van der Waals surface area (Å²) in [6.45, 7) is 3.69. The largest absolute Gasteiger partial charge is 0.481 e. The van der Waals surface area contributed by atoms with E-state index < -0.39 is 28.9 Å². The normalized spacial score (nSPS) is 28.6. The number of amides is 4. The van der Waals surface area contributed by atoms with E-state index in [4.69, 9.17) is 0 Å². The van der Waals surface area contributed by atoms with Crippen molar-refractivity contribution in [2.24, 2.45) is 5.41 Å². The number of benzene rings is 1. The molecule has 2 fully saturated rings. The van der Waals surface area contributed by atoms with Crippen molar-refractivity contribution in [1.29, 1.82) is 0 Å². The number of rotatable bonds is 3. The Kier molecular flexibility index (Phi) is 3.78. The third-order valence-corrected chi connectivity index (χ3v) is 5.01. The summed E-state index contributed by atoms with van der Waals surface area (Å²) in [5.74, 6) is -1.70. The van der Waals surface area contributed by atoms with E-state index in [-0.39, 0.29) is 12.5 Å². The van der Waals surface area contributed by atoms with E-state index in [9.17, 15) is 24.3 Å². The van der Waals surface area contributed by atoms with Crippen LogP contribution in [-0.4, -0.2) is 46.9 Å². The van der Waals surface area contributed by atoms with Gasteiger partial charge in [0.1, 0.15) is 5.54 Å². The molecule has 0 spiro atoms. The lowest BCUT2D eigenvalue weighted by molar-refractivity contribution is -0.147. The van der Waals surface area contributed by atoms with Crippen molar-refractivity contribution in [2.45, 2.75) is 25.8 Å². The number of hydrogen-bond acceptors (Lipinski definition) is 4. The number of imide groups is 1. The first-order valence-corrected chi connectivity index (χ1v) is 7.92. The van der Waals surface area contributed by atoms with Crippen molar-refractivity contribution in [2.75, 3.05) is 13.1 Å². The first-order valence-electron chi connectivity index (χ1n) is 7.92. The number of nitrogens with zero attached hydrogens (tertiary/aromatic N) is 1. The molecule has 1 aromatic rings. The quantitative estimate of drug-likeness (QED) is 0.697. The maximum atomic E-state index is 12.7. The van der Waals surface area contributed by atoms with Crippen LogP contribution in [0.4, 0.5) is 4.79 Å². The van der Waals surface area contributed by atoms with Gasteiger partial charge in [0.25, 0.3) is 11.8 Å². The summed E-state index contributed by atoms with van der Waals surface area (Å²) in [5, 5.41) is 14.0. The van der Waals surface area contributed by atoms with Crippen LogP contribution in [0.1, 0.15) is 36.2 Å². The molecule has 3 N–H and O–H groups in total. The number of urea groups is 1. The zero-order valence-electron chi connectivity index (χ0n) is 14.0. The molecule has 0 radical (unpaired) electrons. The molecule has 2 heterocycles. The van der Waals surface area contributed by atoms with Gasteiger partial charge < -0.3 is 15.3 Å². The molecular weight excluding hydrogens is 326 g/mol. The molecule has 0 saturated carbocycles. The van der Waals surface area contributed by atoms with Gasteiger partial charge in [-0.25, -0.2) is 4.79 Å². The van der Waals surface area contributed by atoms with E-state index in [2.05, 4.69) is 10.6 Å². The van der Waals surface area contributed by atoms with Gasteiger partial charge in [-0.3, -0.25) is 19.7 Å². The van der Waals surface area contributed by atoms with Gasteiger partial charge in [0.05, 0.1) is 5.41 Å². The summed E-state index contributed by atoms with van der Waals surface area (Å²) in [5.41, 5.74) is -1.35. The number of aliphatic carboxylic acids is 1. The van der Waals surface area contributed by atoms with Crippen LogP contribution >= 0.6 is 0 Å². The molecule has 132 valence electrons. The first-order chi connectivity index (χ1) is 11.7. The van der Waals surface area contributed by atoms with Crippen LogP contribution in [0.25, 0.3) is 0 Å². The van der Waals surface area contributed by atoms with E-state index in [0.29, 0.717) is 24.1 Å². The third kappa shape index (κ3) is 2.73. The Hall–Kier alpha value is -2.90. The van der Waals surface area contributed by atoms with E-state index in [1.165, 1.54) is 4.90 Å². The van der Waals surface area contributed by atoms with E-state index in [0.717, 1.165) is 0 Å². The Balaban J connectivity index is 1.85. The van der Waals surface area contributed by atoms with Crippen LogP contribution in [0.15, 0.2) is 24.3 Å². The fourth-order valence-electron chi connectivity index (χ4n) is 3.20. The van der Waals surface area contributed by atoms with Gasteiger partial charge in [0, 0.05) is 18.7 Å². The number of nitrogens with one attached hydrogen (secondary N) is 2. The molecule has 25 heavy (non-hydrogen) atoms. The smallest absolute Gasteiger partial charge is 0.322 e. The van der Waals surface area contributed by atoms with Crippen LogP contribution in [0.3, 0.4) is 0 Å². The van der Waals surface area contributed by atoms with Crippen LogP contribution < -0.4 is 10.6 Å². The van der Waals surface area contributed by atoms with Crippen molar-refractivity contribution >= 4 is 23.8 Å². The third-order valence-electron chi connectivity index (χ3n) is 5.01. The Morgan fingerprint density at radius 1 is 1.24 bits per heavy atom. The van der Waals surface area contributed by atoms with E-state index in [1.54, 1.807) is 38.1 Å². The van der Waals surface area contributed by atoms with Crippen molar-refractivity contribution in [3.63, 3.8) is 0 Å². The summed E-state index contributed by atoms with van der Waals surface area (Å²) < 4.78 is 0. The molecule has 2 unspecified atom stereocenters. The van der Waals surface area contributed by atoms with Crippen molar-refractivity contribution in [3.05, 3.63) is 35.4 Å². The number of carboxylic acids is 1. The average molecular weight is 345 g/mol. The second-order valence-electron chi connectivity index (χ2n) is 6.96. The lowest BCUT2D eigenvalue weighted by Crippen LogP contribution is -2.41. The summed E-state index contributed by atoms with van der Waals surface area (Å²) in [7, 11) is 0. The highest BCUT2D eigenvalue weighted by molar-refractivity contribution is 6.07. The number of carboxylic acid groups (broad SMARTS) is 1. The second-order valence-corrected chi connectivity index (χ2v) is 6.96. The maximum Gasteiger partial charge on any atom is 0.322 e. The van der Waals surface area contributed by atoms with Gasteiger partial charge in [-0.1, -0.05) is 12.1 Å². The Morgan fingerprint density at radius 3 is 2.52 bits per heavy atom. The van der Waals surface area contributed by atoms with Crippen LogP contribution in [0, 0.1) is 5.41 Å².